The maximum atomic E-state index is 12.3. The summed E-state index contributed by atoms with van der Waals surface area (Å²) in [5.74, 6) is 1.61. The van der Waals surface area contributed by atoms with E-state index in [-0.39, 0.29) is 11.9 Å². The molecule has 1 fully saturated rings. The van der Waals surface area contributed by atoms with Crippen LogP contribution < -0.4 is 5.32 Å². The van der Waals surface area contributed by atoms with Crippen LogP contribution in [0.15, 0.2) is 9.05 Å². The van der Waals surface area contributed by atoms with E-state index in [0.717, 1.165) is 54.3 Å². The number of amides is 1. The largest absolute Gasteiger partial charge is 0.361 e. The summed E-state index contributed by atoms with van der Waals surface area (Å²) in [5.41, 5.74) is 3.77. The molecule has 0 aliphatic carbocycles. The zero-order valence-corrected chi connectivity index (χ0v) is 14.7. The Morgan fingerprint density at radius 1 is 1.12 bits per heavy atom. The molecular formula is C17H24N4O3. The third kappa shape index (κ3) is 3.51. The van der Waals surface area contributed by atoms with Gasteiger partial charge in [0.25, 0.3) is 0 Å². The Hall–Kier alpha value is -2.15. The van der Waals surface area contributed by atoms with Crippen molar-refractivity contribution in [3.63, 3.8) is 0 Å². The molecule has 1 N–H and O–H groups in total. The molecule has 0 saturated carbocycles. The van der Waals surface area contributed by atoms with Gasteiger partial charge >= 0.3 is 0 Å². The fourth-order valence-corrected chi connectivity index (χ4v) is 3.24. The molecule has 1 aliphatic rings. The first-order valence-electron chi connectivity index (χ1n) is 8.29. The molecular weight excluding hydrogens is 308 g/mol. The number of nitrogens with one attached hydrogen (secondary N) is 1. The van der Waals surface area contributed by atoms with Crippen LogP contribution in [0, 0.1) is 27.7 Å². The maximum Gasteiger partial charge on any atom is 0.224 e. The minimum atomic E-state index is 0.0218. The molecule has 1 atom stereocenters. The molecule has 1 unspecified atom stereocenters. The minimum Gasteiger partial charge on any atom is -0.361 e. The van der Waals surface area contributed by atoms with Gasteiger partial charge in [0, 0.05) is 36.8 Å². The Kier molecular flexibility index (Phi) is 4.71. The summed E-state index contributed by atoms with van der Waals surface area (Å²) in [6, 6.07) is 0.179. The third-order valence-electron chi connectivity index (χ3n) is 4.72. The summed E-state index contributed by atoms with van der Waals surface area (Å²) in [4.78, 5) is 14.6. The van der Waals surface area contributed by atoms with Gasteiger partial charge in [-0.1, -0.05) is 10.3 Å². The van der Waals surface area contributed by atoms with E-state index in [1.165, 1.54) is 0 Å². The predicted molar refractivity (Wildman–Crippen MR) is 87.5 cm³/mol. The van der Waals surface area contributed by atoms with Crippen molar-refractivity contribution >= 4 is 5.91 Å². The number of carbonyl (C=O) groups is 1. The number of aromatic nitrogens is 2. The molecule has 1 aliphatic heterocycles. The summed E-state index contributed by atoms with van der Waals surface area (Å²) < 4.78 is 10.3. The molecule has 7 nitrogen and oxygen atoms in total. The van der Waals surface area contributed by atoms with E-state index in [2.05, 4.69) is 20.5 Å². The lowest BCUT2D eigenvalue weighted by Crippen LogP contribution is -2.38. The summed E-state index contributed by atoms with van der Waals surface area (Å²) >= 11 is 0. The molecule has 1 saturated heterocycles. The van der Waals surface area contributed by atoms with Crippen LogP contribution in [-0.4, -0.2) is 40.3 Å². The molecule has 24 heavy (non-hydrogen) atoms. The van der Waals surface area contributed by atoms with Crippen molar-refractivity contribution in [3.8, 4) is 0 Å². The Bertz CT molecular complexity index is 695. The fraction of sp³-hybridized carbons (Fsp3) is 0.588. The van der Waals surface area contributed by atoms with E-state index in [4.69, 9.17) is 9.05 Å². The lowest BCUT2D eigenvalue weighted by molar-refractivity contribution is -0.121. The van der Waals surface area contributed by atoms with Gasteiger partial charge < -0.3 is 14.4 Å². The zero-order valence-electron chi connectivity index (χ0n) is 14.7. The molecule has 0 spiro atoms. The Labute approximate surface area is 141 Å². The molecule has 130 valence electrons. The highest BCUT2D eigenvalue weighted by Gasteiger charge is 2.26. The van der Waals surface area contributed by atoms with Crippen molar-refractivity contribution in [1.82, 2.24) is 20.5 Å². The first-order chi connectivity index (χ1) is 11.4. The Balaban J connectivity index is 1.52. The highest BCUT2D eigenvalue weighted by Crippen LogP contribution is 2.19. The molecule has 1 amide bonds. The second kappa shape index (κ2) is 6.76. The van der Waals surface area contributed by atoms with Crippen molar-refractivity contribution in [1.29, 1.82) is 0 Å². The highest BCUT2D eigenvalue weighted by molar-refractivity contribution is 5.79. The van der Waals surface area contributed by atoms with Gasteiger partial charge in [-0.3, -0.25) is 9.69 Å². The summed E-state index contributed by atoms with van der Waals surface area (Å²) in [6.45, 7) is 10.2. The summed E-state index contributed by atoms with van der Waals surface area (Å²) in [6.07, 6.45) is 1.28. The van der Waals surface area contributed by atoms with Crippen molar-refractivity contribution in [2.75, 3.05) is 13.1 Å². The van der Waals surface area contributed by atoms with Crippen LogP contribution in [0.5, 0.6) is 0 Å². The topological polar surface area (TPSA) is 84.4 Å². The quantitative estimate of drug-likeness (QED) is 0.899. The van der Waals surface area contributed by atoms with E-state index >= 15 is 0 Å². The first kappa shape index (κ1) is 16.7. The second-order valence-electron chi connectivity index (χ2n) is 6.57. The zero-order chi connectivity index (χ0) is 17.3. The van der Waals surface area contributed by atoms with Gasteiger partial charge in [-0.2, -0.15) is 0 Å². The average molecular weight is 332 g/mol. The van der Waals surface area contributed by atoms with Crippen LogP contribution in [0.3, 0.4) is 0 Å². The van der Waals surface area contributed by atoms with Gasteiger partial charge in [0.1, 0.15) is 11.5 Å². The van der Waals surface area contributed by atoms with E-state index in [9.17, 15) is 4.79 Å². The Morgan fingerprint density at radius 3 is 2.33 bits per heavy atom. The monoisotopic (exact) mass is 332 g/mol. The van der Waals surface area contributed by atoms with E-state index in [0.29, 0.717) is 12.2 Å². The predicted octanol–water partition coefficient (Wildman–Crippen LogP) is 1.83. The van der Waals surface area contributed by atoms with Crippen LogP contribution in [0.25, 0.3) is 0 Å². The number of carbonyl (C=O) groups excluding carboxylic acids is 1. The molecule has 2 aromatic heterocycles. The van der Waals surface area contributed by atoms with E-state index in [1.54, 1.807) is 0 Å². The summed E-state index contributed by atoms with van der Waals surface area (Å²) in [7, 11) is 0. The number of hydrogen-bond donors (Lipinski definition) is 1. The minimum absolute atomic E-state index is 0.0218. The lowest BCUT2D eigenvalue weighted by atomic mass is 10.1. The molecule has 0 aromatic carbocycles. The average Bonchev–Trinajstić information content (AvgIpc) is 3.19. The molecule has 7 heteroatoms. The SMILES string of the molecule is Cc1noc(C)c1CC(=O)NC1CCN(Cc2c(C)noc2C)C1. The molecule has 2 aromatic rings. The second-order valence-corrected chi connectivity index (χ2v) is 6.57. The number of likely N-dealkylation sites (tertiary alicyclic amines) is 1. The van der Waals surface area contributed by atoms with Crippen molar-refractivity contribution in [3.05, 3.63) is 34.0 Å². The van der Waals surface area contributed by atoms with E-state index in [1.807, 2.05) is 27.7 Å². The van der Waals surface area contributed by atoms with Gasteiger partial charge in [0.2, 0.25) is 5.91 Å². The van der Waals surface area contributed by atoms with Crippen LogP contribution in [0.2, 0.25) is 0 Å². The van der Waals surface area contributed by atoms with Gasteiger partial charge in [0.15, 0.2) is 0 Å². The Morgan fingerprint density at radius 2 is 1.75 bits per heavy atom. The van der Waals surface area contributed by atoms with Crippen molar-refractivity contribution < 1.29 is 13.8 Å². The first-order valence-corrected chi connectivity index (χ1v) is 8.29. The lowest BCUT2D eigenvalue weighted by Gasteiger charge is -2.16. The van der Waals surface area contributed by atoms with Crippen LogP contribution >= 0.6 is 0 Å². The third-order valence-corrected chi connectivity index (χ3v) is 4.72. The van der Waals surface area contributed by atoms with Gasteiger partial charge in [0.05, 0.1) is 17.8 Å². The number of hydrogen-bond acceptors (Lipinski definition) is 6. The van der Waals surface area contributed by atoms with Crippen molar-refractivity contribution in [2.45, 2.75) is 53.1 Å². The van der Waals surface area contributed by atoms with Crippen LogP contribution in [0.4, 0.5) is 0 Å². The number of rotatable bonds is 5. The van der Waals surface area contributed by atoms with Crippen molar-refractivity contribution in [2.24, 2.45) is 0 Å². The van der Waals surface area contributed by atoms with Gasteiger partial charge in [-0.05, 0) is 34.1 Å². The molecule has 3 rings (SSSR count). The van der Waals surface area contributed by atoms with Crippen LogP contribution in [-0.2, 0) is 17.8 Å². The maximum absolute atomic E-state index is 12.3. The molecule has 0 radical (unpaired) electrons. The molecule has 0 bridgehead atoms. The number of nitrogens with zero attached hydrogens (tertiary/aromatic N) is 3. The summed E-state index contributed by atoms with van der Waals surface area (Å²) in [5, 5.41) is 11.0. The van der Waals surface area contributed by atoms with Crippen LogP contribution in [0.1, 0.15) is 40.5 Å². The number of aryl methyl sites for hydroxylation is 4. The molecule has 3 heterocycles. The normalized spacial score (nSPS) is 18.2. The van der Waals surface area contributed by atoms with Gasteiger partial charge in [-0.25, -0.2) is 0 Å². The van der Waals surface area contributed by atoms with Gasteiger partial charge in [-0.15, -0.1) is 0 Å². The van der Waals surface area contributed by atoms with E-state index < -0.39 is 0 Å². The standard InChI is InChI=1S/C17H24N4O3/c1-10-15(12(3)23-19-10)7-17(22)18-14-5-6-21(8-14)9-16-11(2)20-24-13(16)4/h14H,5-9H2,1-4H3,(H,18,22). The highest BCUT2D eigenvalue weighted by atomic mass is 16.5. The fourth-order valence-electron chi connectivity index (χ4n) is 3.24. The smallest absolute Gasteiger partial charge is 0.224 e.